The summed E-state index contributed by atoms with van der Waals surface area (Å²) in [6.45, 7) is 13.0. The topological polar surface area (TPSA) is 12.5 Å². The van der Waals surface area contributed by atoms with Crippen LogP contribution in [0.2, 0.25) is 0 Å². The molecule has 0 aliphatic carbocycles. The van der Waals surface area contributed by atoms with Crippen molar-refractivity contribution in [2.45, 2.75) is 32.8 Å². The van der Waals surface area contributed by atoms with Crippen molar-refractivity contribution in [3.63, 3.8) is 0 Å². The molecule has 1 aromatic rings. The maximum Gasteiger partial charge on any atom is 0.120 e. The van der Waals surface area contributed by atoms with Gasteiger partial charge in [-0.25, -0.2) is 0 Å². The molecule has 1 aliphatic rings. The molecule has 0 amide bonds. The van der Waals surface area contributed by atoms with Crippen molar-refractivity contribution in [1.29, 1.82) is 0 Å². The molecule has 1 fully saturated rings. The minimum absolute atomic E-state index is 0. The zero-order valence-corrected chi connectivity index (χ0v) is 15.7. The van der Waals surface area contributed by atoms with Crippen molar-refractivity contribution in [1.82, 2.24) is 4.90 Å². The normalized spacial score (nSPS) is 21.5. The van der Waals surface area contributed by atoms with Crippen LogP contribution in [0.5, 0.6) is 5.75 Å². The van der Waals surface area contributed by atoms with Gasteiger partial charge in [0.2, 0.25) is 0 Å². The Morgan fingerprint density at radius 1 is 1.26 bits per heavy atom. The van der Waals surface area contributed by atoms with Gasteiger partial charge in [-0.2, -0.15) is 0 Å². The van der Waals surface area contributed by atoms with Gasteiger partial charge in [0, 0.05) is 45.7 Å². The molecule has 0 spiro atoms. The molecule has 1 heterocycles. The zero-order chi connectivity index (χ0) is 12.7. The summed E-state index contributed by atoms with van der Waals surface area (Å²) in [5.41, 5.74) is -0.0426. The number of hydrogen-bond donors (Lipinski definition) is 0. The molecule has 3 heteroatoms. The fourth-order valence-electron chi connectivity index (χ4n) is 2.07. The summed E-state index contributed by atoms with van der Waals surface area (Å²) in [5.74, 6) is 0.964. The Labute approximate surface area is 144 Å². The molecule has 2 nitrogen and oxygen atoms in total. The number of hydrogen-bond acceptors (Lipinski definition) is 2. The molecule has 1 radical (unpaired) electrons. The van der Waals surface area contributed by atoms with Gasteiger partial charge in [-0.05, 0) is 25.6 Å². The molecule has 107 valence electrons. The van der Waals surface area contributed by atoms with E-state index in [2.05, 4.69) is 18.7 Å². The quantitative estimate of drug-likeness (QED) is 0.777. The Morgan fingerprint density at radius 3 is 2.32 bits per heavy atom. The second-order valence-corrected chi connectivity index (χ2v) is 4.39. The Bertz CT molecular complexity index is 318. The number of rotatable bonds is 3. The van der Waals surface area contributed by atoms with E-state index in [9.17, 15) is 0 Å². The van der Waals surface area contributed by atoms with Crippen LogP contribution in [0.1, 0.15) is 27.2 Å². The summed E-state index contributed by atoms with van der Waals surface area (Å²) < 4.78 is 6.03. The van der Waals surface area contributed by atoms with Crippen molar-refractivity contribution in [2.24, 2.45) is 0 Å². The van der Waals surface area contributed by atoms with Gasteiger partial charge < -0.3 is 24.0 Å². The van der Waals surface area contributed by atoms with Crippen LogP contribution in [0, 0.1) is 14.4 Å². The summed E-state index contributed by atoms with van der Waals surface area (Å²) in [6.07, 6.45) is 1.08. The molecule has 1 saturated heterocycles. The Morgan fingerprint density at radius 2 is 1.84 bits per heavy atom. The first-order chi connectivity index (χ1) is 8.22. The second kappa shape index (κ2) is 10.8. The van der Waals surface area contributed by atoms with Crippen LogP contribution < -0.4 is 4.74 Å². The third-order valence-electron chi connectivity index (χ3n) is 2.94. The van der Waals surface area contributed by atoms with E-state index in [0.717, 1.165) is 31.8 Å². The summed E-state index contributed by atoms with van der Waals surface area (Å²) in [7, 11) is 0. The van der Waals surface area contributed by atoms with Gasteiger partial charge in [0.25, 0.3) is 0 Å². The Balaban J connectivity index is 0. The van der Waals surface area contributed by atoms with Crippen molar-refractivity contribution >= 4 is 0 Å². The van der Waals surface area contributed by atoms with Crippen molar-refractivity contribution in [2.75, 3.05) is 19.6 Å². The molecule has 0 N–H and O–H groups in total. The molecule has 0 aromatic heterocycles. The fraction of sp³-hybridized carbons (Fsp3) is 0.500. The Hall–Kier alpha value is 0.0839. The average molecular weight is 338 g/mol. The smallest absolute Gasteiger partial charge is 0.120 e. The SMILES string of the molecule is CC.[CH2-]CN1CCC(C)(Oc2ccccc2)C1.[CH3-].[Y]. The molecule has 2 rings (SSSR count). The summed E-state index contributed by atoms with van der Waals surface area (Å²) in [5, 5.41) is 0. The van der Waals surface area contributed by atoms with E-state index in [1.165, 1.54) is 0 Å². The van der Waals surface area contributed by atoms with E-state index in [-0.39, 0.29) is 45.7 Å². The van der Waals surface area contributed by atoms with Crippen LogP contribution in [0.3, 0.4) is 0 Å². The zero-order valence-electron chi connectivity index (χ0n) is 12.9. The maximum atomic E-state index is 6.03. The molecular formula is C16H27NOY-2. The minimum Gasteiger partial charge on any atom is -0.486 e. The molecule has 19 heavy (non-hydrogen) atoms. The summed E-state index contributed by atoms with van der Waals surface area (Å²) in [6, 6.07) is 10.0. The van der Waals surface area contributed by atoms with E-state index in [1.807, 2.05) is 44.2 Å². The van der Waals surface area contributed by atoms with Gasteiger partial charge in [-0.3, -0.25) is 0 Å². The Kier molecular flexibility index (Phi) is 12.2. The molecule has 1 unspecified atom stereocenters. The number of benzene rings is 1. The standard InChI is InChI=1S/C13H18NO.C2H6.CH3.Y/c1-3-14-10-9-13(2,11-14)15-12-7-5-4-6-8-12;1-2;;/h4-8H,1,3,9-11H2,2H3;1-2H3;1H3;/q-1;;-1;. The van der Waals surface area contributed by atoms with Crippen LogP contribution >= 0.6 is 0 Å². The van der Waals surface area contributed by atoms with Crippen LogP contribution in [0.15, 0.2) is 30.3 Å². The van der Waals surface area contributed by atoms with Crippen LogP contribution in [0.4, 0.5) is 0 Å². The van der Waals surface area contributed by atoms with E-state index in [4.69, 9.17) is 4.74 Å². The van der Waals surface area contributed by atoms with E-state index in [1.54, 1.807) is 0 Å². The van der Waals surface area contributed by atoms with E-state index >= 15 is 0 Å². The van der Waals surface area contributed by atoms with Crippen LogP contribution in [-0.2, 0) is 32.7 Å². The number of ether oxygens (including phenoxy) is 1. The van der Waals surface area contributed by atoms with Gasteiger partial charge in [0.1, 0.15) is 11.4 Å². The maximum absolute atomic E-state index is 6.03. The van der Waals surface area contributed by atoms with E-state index in [0.29, 0.717) is 0 Å². The molecule has 0 saturated carbocycles. The number of likely N-dealkylation sites (tertiary alicyclic amines) is 1. The third kappa shape index (κ3) is 6.88. The van der Waals surface area contributed by atoms with Gasteiger partial charge in [-0.15, -0.1) is 6.54 Å². The molecular weight excluding hydrogens is 311 g/mol. The van der Waals surface area contributed by atoms with Gasteiger partial charge in [-0.1, -0.05) is 32.0 Å². The third-order valence-corrected chi connectivity index (χ3v) is 2.94. The fourth-order valence-corrected chi connectivity index (χ4v) is 2.07. The van der Waals surface area contributed by atoms with Gasteiger partial charge >= 0.3 is 0 Å². The van der Waals surface area contributed by atoms with Crippen molar-refractivity contribution in [3.05, 3.63) is 44.7 Å². The molecule has 1 aromatic carbocycles. The monoisotopic (exact) mass is 338 g/mol. The first-order valence-corrected chi connectivity index (χ1v) is 6.47. The molecule has 0 bridgehead atoms. The predicted molar refractivity (Wildman–Crippen MR) is 79.7 cm³/mol. The first-order valence-electron chi connectivity index (χ1n) is 6.47. The number of para-hydroxylation sites is 1. The summed E-state index contributed by atoms with van der Waals surface area (Å²) in [4.78, 5) is 2.32. The van der Waals surface area contributed by atoms with Gasteiger partial charge in [0.05, 0.1) is 0 Å². The summed E-state index contributed by atoms with van der Waals surface area (Å²) >= 11 is 0. The second-order valence-electron chi connectivity index (χ2n) is 4.39. The average Bonchev–Trinajstić information content (AvgIpc) is 2.75. The van der Waals surface area contributed by atoms with Crippen molar-refractivity contribution < 1.29 is 37.4 Å². The van der Waals surface area contributed by atoms with E-state index < -0.39 is 0 Å². The van der Waals surface area contributed by atoms with Gasteiger partial charge in [0.15, 0.2) is 0 Å². The number of nitrogens with zero attached hydrogens (tertiary/aromatic N) is 1. The largest absolute Gasteiger partial charge is 0.486 e. The van der Waals surface area contributed by atoms with Crippen LogP contribution in [0.25, 0.3) is 0 Å². The van der Waals surface area contributed by atoms with Crippen LogP contribution in [-0.4, -0.2) is 30.1 Å². The molecule has 1 atom stereocenters. The van der Waals surface area contributed by atoms with Crippen molar-refractivity contribution in [3.8, 4) is 5.75 Å². The predicted octanol–water partition coefficient (Wildman–Crippen LogP) is 3.84. The minimum atomic E-state index is -0.0426. The first kappa shape index (κ1) is 21.4. The molecule has 1 aliphatic heterocycles.